The highest BCUT2D eigenvalue weighted by Gasteiger charge is 2.18. The molecular formula is C17H19N3O6S. The normalized spacial score (nSPS) is 10.9. The van der Waals surface area contributed by atoms with E-state index in [1.54, 1.807) is 6.92 Å². The van der Waals surface area contributed by atoms with E-state index >= 15 is 0 Å². The molecule has 27 heavy (non-hydrogen) atoms. The molecule has 0 spiro atoms. The number of nitrogens with one attached hydrogen (secondary N) is 2. The summed E-state index contributed by atoms with van der Waals surface area (Å²) in [6.07, 6.45) is 0.495. The monoisotopic (exact) mass is 393 g/mol. The number of rotatable bonds is 8. The van der Waals surface area contributed by atoms with Gasteiger partial charge in [0.2, 0.25) is 10.0 Å². The summed E-state index contributed by atoms with van der Waals surface area (Å²) in [5.41, 5.74) is 0.544. The van der Waals surface area contributed by atoms with Gasteiger partial charge in [-0.05, 0) is 36.8 Å². The Morgan fingerprint density at radius 3 is 2.33 bits per heavy atom. The van der Waals surface area contributed by atoms with E-state index in [9.17, 15) is 23.3 Å². The molecule has 2 aromatic rings. The van der Waals surface area contributed by atoms with Crippen LogP contribution in [0.5, 0.6) is 5.75 Å². The zero-order valence-electron chi connectivity index (χ0n) is 14.8. The molecule has 0 aromatic heterocycles. The van der Waals surface area contributed by atoms with Gasteiger partial charge in [-0.25, -0.2) is 8.42 Å². The van der Waals surface area contributed by atoms with E-state index in [2.05, 4.69) is 10.0 Å². The number of nitro groups is 1. The average Bonchev–Trinajstić information content (AvgIpc) is 2.62. The van der Waals surface area contributed by atoms with Gasteiger partial charge < -0.3 is 10.1 Å². The molecule has 0 aliphatic carbocycles. The number of carbonyl (C=O) groups excluding carboxylic acids is 1. The number of ether oxygens (including phenoxy) is 1. The molecule has 0 saturated carbocycles. The van der Waals surface area contributed by atoms with E-state index in [0.717, 1.165) is 6.07 Å². The van der Waals surface area contributed by atoms with Crippen molar-refractivity contribution in [2.75, 3.05) is 22.9 Å². The number of benzene rings is 2. The number of anilines is 2. The van der Waals surface area contributed by atoms with Gasteiger partial charge in [-0.3, -0.25) is 19.6 Å². The predicted octanol–water partition coefficient (Wildman–Crippen LogP) is 3.01. The smallest absolute Gasteiger partial charge is 0.270 e. The number of hydrogen-bond donors (Lipinski definition) is 2. The number of amides is 1. The molecule has 0 aliphatic rings. The first-order chi connectivity index (χ1) is 12.8. The molecule has 0 fully saturated rings. The number of hydrogen-bond acceptors (Lipinski definition) is 6. The predicted molar refractivity (Wildman–Crippen MR) is 102 cm³/mol. The van der Waals surface area contributed by atoms with Gasteiger partial charge in [0.05, 0.1) is 23.3 Å². The Hall–Kier alpha value is -3.14. The average molecular weight is 393 g/mol. The van der Waals surface area contributed by atoms with Crippen molar-refractivity contribution >= 4 is 33.0 Å². The van der Waals surface area contributed by atoms with Gasteiger partial charge in [0.15, 0.2) is 0 Å². The zero-order valence-corrected chi connectivity index (χ0v) is 15.6. The lowest BCUT2D eigenvalue weighted by molar-refractivity contribution is -0.384. The summed E-state index contributed by atoms with van der Waals surface area (Å²) >= 11 is 0. The Balaban J connectivity index is 2.17. The van der Waals surface area contributed by atoms with Crippen LogP contribution in [0.1, 0.15) is 23.7 Å². The topological polar surface area (TPSA) is 128 Å². The molecule has 0 aliphatic heterocycles. The Labute approximate surface area is 156 Å². The lowest BCUT2D eigenvalue weighted by Gasteiger charge is -2.11. The van der Waals surface area contributed by atoms with Crippen molar-refractivity contribution in [3.05, 3.63) is 58.1 Å². The van der Waals surface area contributed by atoms with Crippen molar-refractivity contribution < 1.29 is 22.9 Å². The Kier molecular flexibility index (Phi) is 6.35. The fourth-order valence-corrected chi connectivity index (χ4v) is 3.44. The summed E-state index contributed by atoms with van der Waals surface area (Å²) < 4.78 is 31.0. The van der Waals surface area contributed by atoms with Crippen LogP contribution in [0.2, 0.25) is 0 Å². The van der Waals surface area contributed by atoms with Crippen LogP contribution in [0.25, 0.3) is 0 Å². The van der Waals surface area contributed by atoms with Gasteiger partial charge in [-0.2, -0.15) is 0 Å². The van der Waals surface area contributed by atoms with Crippen LogP contribution in [0, 0.1) is 10.1 Å². The molecule has 1 amide bonds. The summed E-state index contributed by atoms with van der Waals surface area (Å²) in [5.74, 6) is -0.380. The van der Waals surface area contributed by atoms with Gasteiger partial charge in [0.1, 0.15) is 5.75 Å². The fourth-order valence-electron chi connectivity index (χ4n) is 2.31. The third-order valence-corrected chi connectivity index (χ3v) is 5.02. The second-order valence-electron chi connectivity index (χ2n) is 5.59. The third-order valence-electron chi connectivity index (χ3n) is 3.53. The van der Waals surface area contributed by atoms with Crippen LogP contribution >= 0.6 is 0 Å². The van der Waals surface area contributed by atoms with Crippen LogP contribution in [0.3, 0.4) is 0 Å². The molecule has 0 atom stereocenters. The van der Waals surface area contributed by atoms with Crippen LogP contribution < -0.4 is 14.8 Å². The second-order valence-corrected chi connectivity index (χ2v) is 7.44. The number of carbonyl (C=O) groups is 1. The summed E-state index contributed by atoms with van der Waals surface area (Å²) in [6.45, 7) is 1.76. The van der Waals surface area contributed by atoms with E-state index in [-0.39, 0.29) is 22.8 Å². The van der Waals surface area contributed by atoms with Crippen molar-refractivity contribution in [2.45, 2.75) is 13.3 Å². The maximum Gasteiger partial charge on any atom is 0.270 e. The lowest BCUT2D eigenvalue weighted by atomic mass is 10.1. The van der Waals surface area contributed by atoms with Crippen molar-refractivity contribution in [1.82, 2.24) is 0 Å². The van der Waals surface area contributed by atoms with Crippen molar-refractivity contribution in [3.8, 4) is 5.75 Å². The second kappa shape index (κ2) is 8.49. The first-order valence-electron chi connectivity index (χ1n) is 8.00. The van der Waals surface area contributed by atoms with Gasteiger partial charge in [0.25, 0.3) is 11.6 Å². The molecule has 0 bridgehead atoms. The molecule has 2 N–H and O–H groups in total. The van der Waals surface area contributed by atoms with E-state index in [1.807, 2.05) is 0 Å². The van der Waals surface area contributed by atoms with E-state index < -0.39 is 20.9 Å². The molecule has 10 heteroatoms. The minimum atomic E-state index is -3.40. The summed E-state index contributed by atoms with van der Waals surface area (Å²) in [5, 5.41) is 13.5. The fraction of sp³-hybridized carbons (Fsp3) is 0.235. The lowest BCUT2D eigenvalue weighted by Crippen LogP contribution is -2.16. The minimum absolute atomic E-state index is 0.0120. The molecular weight excluding hydrogens is 374 g/mol. The van der Waals surface area contributed by atoms with Gasteiger partial charge in [-0.15, -0.1) is 0 Å². The van der Waals surface area contributed by atoms with E-state index in [4.69, 9.17) is 4.74 Å². The molecule has 0 unspecified atom stereocenters. The Morgan fingerprint density at radius 2 is 1.78 bits per heavy atom. The van der Waals surface area contributed by atoms with E-state index in [1.165, 1.54) is 43.5 Å². The molecule has 9 nitrogen and oxygen atoms in total. The molecule has 0 saturated heterocycles. The maximum absolute atomic E-state index is 12.4. The SMILES string of the molecule is CCCS(=O)(=O)Nc1ccc(NC(=O)c2cc([N+](=O)[O-])ccc2OC)cc1. The third kappa shape index (κ3) is 5.42. The quantitative estimate of drug-likeness (QED) is 0.524. The zero-order chi connectivity index (χ0) is 20.0. The van der Waals surface area contributed by atoms with Gasteiger partial charge >= 0.3 is 0 Å². The number of methoxy groups -OCH3 is 1. The van der Waals surface area contributed by atoms with Crippen LogP contribution in [-0.2, 0) is 10.0 Å². The van der Waals surface area contributed by atoms with Gasteiger partial charge in [-0.1, -0.05) is 6.92 Å². The molecule has 2 aromatic carbocycles. The molecule has 144 valence electrons. The number of sulfonamides is 1. The van der Waals surface area contributed by atoms with Crippen molar-refractivity contribution in [2.24, 2.45) is 0 Å². The molecule has 2 rings (SSSR count). The summed E-state index contributed by atoms with van der Waals surface area (Å²) in [7, 11) is -2.05. The standard InChI is InChI=1S/C17H19N3O6S/c1-3-10-27(24,25)19-13-6-4-12(5-7-13)18-17(21)15-11-14(20(22)23)8-9-16(15)26-2/h4-9,11,19H,3,10H2,1-2H3,(H,18,21). The highest BCUT2D eigenvalue weighted by Crippen LogP contribution is 2.25. The van der Waals surface area contributed by atoms with Crippen LogP contribution in [0.15, 0.2) is 42.5 Å². The van der Waals surface area contributed by atoms with Crippen molar-refractivity contribution in [3.63, 3.8) is 0 Å². The minimum Gasteiger partial charge on any atom is -0.496 e. The van der Waals surface area contributed by atoms with E-state index in [0.29, 0.717) is 17.8 Å². The van der Waals surface area contributed by atoms with Crippen molar-refractivity contribution in [1.29, 1.82) is 0 Å². The largest absolute Gasteiger partial charge is 0.496 e. The Morgan fingerprint density at radius 1 is 1.15 bits per heavy atom. The molecule has 0 heterocycles. The maximum atomic E-state index is 12.4. The van der Waals surface area contributed by atoms with Crippen LogP contribution in [-0.4, -0.2) is 32.1 Å². The van der Waals surface area contributed by atoms with Crippen LogP contribution in [0.4, 0.5) is 17.1 Å². The van der Waals surface area contributed by atoms with Gasteiger partial charge in [0, 0.05) is 23.5 Å². The first kappa shape index (κ1) is 20.2. The first-order valence-corrected chi connectivity index (χ1v) is 9.65. The summed E-state index contributed by atoms with van der Waals surface area (Å²) in [4.78, 5) is 22.7. The highest BCUT2D eigenvalue weighted by atomic mass is 32.2. The number of nitro benzene ring substituents is 1. The highest BCUT2D eigenvalue weighted by molar-refractivity contribution is 7.92. The Bertz CT molecular complexity index is 942. The summed E-state index contributed by atoms with van der Waals surface area (Å²) in [6, 6.07) is 9.77. The number of non-ortho nitro benzene ring substituents is 1. The number of nitrogens with zero attached hydrogens (tertiary/aromatic N) is 1. The molecule has 0 radical (unpaired) electrons.